The third-order valence-corrected chi connectivity index (χ3v) is 6.05. The van der Waals surface area contributed by atoms with E-state index in [4.69, 9.17) is 4.74 Å². The van der Waals surface area contributed by atoms with Crippen molar-refractivity contribution in [3.05, 3.63) is 10.8 Å². The Balaban J connectivity index is 1.65. The van der Waals surface area contributed by atoms with Crippen molar-refractivity contribution < 1.29 is 24.5 Å². The fraction of sp³-hybridized carbons (Fsp3) is 0.765. The van der Waals surface area contributed by atoms with E-state index in [-0.39, 0.29) is 17.1 Å². The van der Waals surface area contributed by atoms with E-state index in [9.17, 15) is 19.8 Å². The summed E-state index contributed by atoms with van der Waals surface area (Å²) in [4.78, 5) is 28.4. The van der Waals surface area contributed by atoms with Gasteiger partial charge in [-0.3, -0.25) is 4.79 Å². The Kier molecular flexibility index (Phi) is 4.70. The molecule has 7 nitrogen and oxygen atoms in total. The topological polar surface area (TPSA) is 90.3 Å². The number of aliphatic hydroxyl groups excluding tert-OH is 2. The van der Waals surface area contributed by atoms with Crippen LogP contribution in [0.4, 0.5) is 4.79 Å². The van der Waals surface area contributed by atoms with E-state index in [1.165, 1.54) is 11.8 Å². The van der Waals surface area contributed by atoms with Crippen LogP contribution in [0.5, 0.6) is 0 Å². The summed E-state index contributed by atoms with van der Waals surface area (Å²) in [6.45, 7) is 6.97. The molecule has 3 heterocycles. The number of ether oxygens (including phenoxy) is 1. The minimum atomic E-state index is -0.800. The Morgan fingerprint density at radius 1 is 1.24 bits per heavy atom. The fourth-order valence-electron chi connectivity index (χ4n) is 3.71. The molecular weight excluding hydrogens is 344 g/mol. The van der Waals surface area contributed by atoms with Gasteiger partial charge in [-0.2, -0.15) is 0 Å². The van der Waals surface area contributed by atoms with Crippen molar-refractivity contribution in [1.29, 1.82) is 0 Å². The average molecular weight is 370 g/mol. The summed E-state index contributed by atoms with van der Waals surface area (Å²) in [5.41, 5.74) is -0.688. The smallest absolute Gasteiger partial charge is 0.410 e. The van der Waals surface area contributed by atoms with Crippen molar-refractivity contribution in [3.63, 3.8) is 0 Å². The normalized spacial score (nSPS) is 26.7. The summed E-state index contributed by atoms with van der Waals surface area (Å²) in [5, 5.41) is 20.1. The van der Waals surface area contributed by atoms with Gasteiger partial charge in [-0.15, -0.1) is 0 Å². The summed E-state index contributed by atoms with van der Waals surface area (Å²) in [7, 11) is 0. The average Bonchev–Trinajstić information content (AvgIpc) is 3.00. The molecule has 0 aliphatic carbocycles. The number of piperidine rings is 1. The van der Waals surface area contributed by atoms with E-state index in [2.05, 4.69) is 0 Å². The molecule has 25 heavy (non-hydrogen) atoms. The lowest BCUT2D eigenvalue weighted by atomic mass is 9.77. The highest BCUT2D eigenvalue weighted by Gasteiger charge is 2.51. The second-order valence-corrected chi connectivity index (χ2v) is 8.98. The Bertz CT molecular complexity index is 605. The van der Waals surface area contributed by atoms with Gasteiger partial charge in [-0.05, 0) is 40.0 Å². The molecule has 1 atom stereocenters. The van der Waals surface area contributed by atoms with Crippen LogP contribution in [-0.2, 0) is 9.53 Å². The summed E-state index contributed by atoms with van der Waals surface area (Å²) in [6.07, 6.45) is 0.707. The minimum Gasteiger partial charge on any atom is -0.501 e. The Hall–Kier alpha value is -1.41. The molecular formula is C17H26N2O5S. The first-order valence-corrected chi connectivity index (χ1v) is 9.65. The molecule has 3 aliphatic rings. The van der Waals surface area contributed by atoms with Crippen LogP contribution in [0, 0.1) is 5.41 Å². The van der Waals surface area contributed by atoms with Gasteiger partial charge in [0.15, 0.2) is 5.09 Å². The van der Waals surface area contributed by atoms with E-state index in [1.54, 1.807) is 9.80 Å². The van der Waals surface area contributed by atoms with Crippen LogP contribution in [0.25, 0.3) is 0 Å². The second-order valence-electron chi connectivity index (χ2n) is 7.97. The Morgan fingerprint density at radius 2 is 1.84 bits per heavy atom. The zero-order valence-corrected chi connectivity index (χ0v) is 15.8. The molecule has 2 N–H and O–H groups in total. The number of hydrogen-bond acceptors (Lipinski definition) is 6. The lowest BCUT2D eigenvalue weighted by Crippen LogP contribution is -2.48. The van der Waals surface area contributed by atoms with Gasteiger partial charge in [-0.1, -0.05) is 11.8 Å². The third-order valence-electron chi connectivity index (χ3n) is 5.09. The second kappa shape index (κ2) is 6.39. The van der Waals surface area contributed by atoms with Gasteiger partial charge in [0.1, 0.15) is 11.7 Å². The molecule has 0 radical (unpaired) electrons. The van der Waals surface area contributed by atoms with Crippen molar-refractivity contribution in [3.8, 4) is 0 Å². The van der Waals surface area contributed by atoms with Crippen LogP contribution in [0.1, 0.15) is 40.0 Å². The van der Waals surface area contributed by atoms with Gasteiger partial charge in [-0.25, -0.2) is 4.79 Å². The number of aliphatic hydroxyl groups is 2. The highest BCUT2D eigenvalue weighted by atomic mass is 32.2. The van der Waals surface area contributed by atoms with Crippen LogP contribution in [0.15, 0.2) is 10.8 Å². The molecule has 1 unspecified atom stereocenters. The van der Waals surface area contributed by atoms with Crippen LogP contribution < -0.4 is 0 Å². The maximum Gasteiger partial charge on any atom is 0.410 e. The highest BCUT2D eigenvalue weighted by Crippen LogP contribution is 2.45. The number of amides is 2. The minimum absolute atomic E-state index is 0.0422. The highest BCUT2D eigenvalue weighted by molar-refractivity contribution is 8.03. The van der Waals surface area contributed by atoms with Crippen LogP contribution in [-0.4, -0.2) is 69.1 Å². The first-order valence-electron chi connectivity index (χ1n) is 8.67. The molecule has 3 aliphatic heterocycles. The summed E-state index contributed by atoms with van der Waals surface area (Å²) < 4.78 is 5.40. The van der Waals surface area contributed by atoms with Gasteiger partial charge < -0.3 is 24.7 Å². The Morgan fingerprint density at radius 3 is 2.36 bits per heavy atom. The van der Waals surface area contributed by atoms with Gasteiger partial charge >= 0.3 is 6.09 Å². The number of hydrogen-bond donors (Lipinski definition) is 2. The lowest BCUT2D eigenvalue weighted by Gasteiger charge is -2.38. The van der Waals surface area contributed by atoms with Crippen molar-refractivity contribution >= 4 is 23.8 Å². The van der Waals surface area contributed by atoms with Gasteiger partial charge in [0.2, 0.25) is 5.91 Å². The number of carbonyl (C=O) groups excluding carboxylic acids is 2. The molecule has 0 aromatic carbocycles. The van der Waals surface area contributed by atoms with Crippen LogP contribution in [0.3, 0.4) is 0 Å². The summed E-state index contributed by atoms with van der Waals surface area (Å²) in [6, 6.07) is 0. The van der Waals surface area contributed by atoms with Crippen molar-refractivity contribution in [2.45, 2.75) is 51.7 Å². The SMILES string of the molecule is CC(C)(C)OC(=O)N1CCC2(CC1)CCN(C1=C(O)SCC1O)C2=O. The Labute approximate surface area is 152 Å². The summed E-state index contributed by atoms with van der Waals surface area (Å²) in [5.74, 6) is 0.337. The predicted octanol–water partition coefficient (Wildman–Crippen LogP) is 2.07. The quantitative estimate of drug-likeness (QED) is 0.734. The van der Waals surface area contributed by atoms with Gasteiger partial charge in [0.05, 0.1) is 11.1 Å². The molecule has 140 valence electrons. The molecule has 0 saturated carbocycles. The van der Waals surface area contributed by atoms with Gasteiger partial charge in [0.25, 0.3) is 0 Å². The van der Waals surface area contributed by atoms with E-state index in [0.29, 0.717) is 50.3 Å². The number of carbonyl (C=O) groups is 2. The predicted molar refractivity (Wildman–Crippen MR) is 93.9 cm³/mol. The zero-order valence-electron chi connectivity index (χ0n) is 14.9. The molecule has 8 heteroatoms. The first kappa shape index (κ1) is 18.4. The van der Waals surface area contributed by atoms with Crippen LogP contribution >= 0.6 is 11.8 Å². The molecule has 0 bridgehead atoms. The van der Waals surface area contributed by atoms with Crippen LogP contribution in [0.2, 0.25) is 0 Å². The van der Waals surface area contributed by atoms with E-state index < -0.39 is 17.1 Å². The summed E-state index contributed by atoms with van der Waals surface area (Å²) >= 11 is 1.17. The standard InChI is InChI=1S/C17H26N2O5S/c1-16(2,3)24-15(23)18-7-4-17(5-8-18)6-9-19(14(17)22)12-11(20)10-25-13(12)21/h11,20-21H,4-10H2,1-3H3. The monoisotopic (exact) mass is 370 g/mol. The molecule has 0 aromatic rings. The largest absolute Gasteiger partial charge is 0.501 e. The third kappa shape index (κ3) is 3.46. The van der Waals surface area contributed by atoms with E-state index in [1.807, 2.05) is 20.8 Å². The van der Waals surface area contributed by atoms with Crippen molar-refractivity contribution in [2.24, 2.45) is 5.41 Å². The lowest BCUT2D eigenvalue weighted by molar-refractivity contribution is -0.137. The fourth-order valence-corrected chi connectivity index (χ4v) is 4.57. The number of nitrogens with zero attached hydrogens (tertiary/aromatic N) is 2. The zero-order chi connectivity index (χ0) is 18.4. The molecule has 2 amide bonds. The van der Waals surface area contributed by atoms with E-state index in [0.717, 1.165) is 0 Å². The van der Waals surface area contributed by atoms with Crippen molar-refractivity contribution in [2.75, 3.05) is 25.4 Å². The molecule has 1 spiro atoms. The first-order chi connectivity index (χ1) is 11.6. The molecule has 2 saturated heterocycles. The molecule has 3 rings (SSSR count). The molecule has 2 fully saturated rings. The maximum absolute atomic E-state index is 13.0. The number of rotatable bonds is 1. The van der Waals surface area contributed by atoms with E-state index >= 15 is 0 Å². The maximum atomic E-state index is 13.0. The van der Waals surface area contributed by atoms with Crippen molar-refractivity contribution in [1.82, 2.24) is 9.80 Å². The molecule has 0 aromatic heterocycles. The van der Waals surface area contributed by atoms with Gasteiger partial charge in [0, 0.05) is 25.4 Å². The number of thioether (sulfide) groups is 1. The number of likely N-dealkylation sites (tertiary alicyclic amines) is 2.